The average Bonchev–Trinajstić information content (AvgIpc) is 2.94. The lowest BCUT2D eigenvalue weighted by atomic mass is 10.1. The Morgan fingerprint density at radius 3 is 2.55 bits per heavy atom. The lowest BCUT2D eigenvalue weighted by Gasteiger charge is -2.29. The van der Waals surface area contributed by atoms with E-state index in [1.807, 2.05) is 19.0 Å². The van der Waals surface area contributed by atoms with Gasteiger partial charge in [-0.15, -0.1) is 0 Å². The lowest BCUT2D eigenvalue weighted by Crippen LogP contribution is -2.46. The normalized spacial score (nSPS) is 30.3. The number of hydrogen-bond donors (Lipinski definition) is 1. The maximum atomic E-state index is 12.6. The number of carbonyl (C=O) groups excluding carboxylic acids is 1. The molecule has 0 radical (unpaired) electrons. The van der Waals surface area contributed by atoms with Crippen LogP contribution in [0.1, 0.15) is 26.2 Å². The number of likely N-dealkylation sites (N-methyl/N-ethyl adjacent to an activating group) is 1. The Hall–Kier alpha value is -1.30. The highest BCUT2D eigenvalue weighted by molar-refractivity contribution is 5.77. The molecule has 6 nitrogen and oxygen atoms in total. The molecule has 0 saturated carbocycles. The number of likely N-dealkylation sites (tertiary alicyclic amines) is 2. The van der Waals surface area contributed by atoms with Gasteiger partial charge in [0.1, 0.15) is 0 Å². The minimum atomic E-state index is -0.823. The molecule has 0 bridgehead atoms. The Labute approximate surface area is 120 Å². The van der Waals surface area contributed by atoms with Crippen molar-refractivity contribution in [1.82, 2.24) is 14.7 Å². The highest BCUT2D eigenvalue weighted by Crippen LogP contribution is 2.26. The lowest BCUT2D eigenvalue weighted by molar-refractivity contribution is -0.138. The van der Waals surface area contributed by atoms with Gasteiger partial charge in [-0.25, -0.2) is 4.79 Å². The summed E-state index contributed by atoms with van der Waals surface area (Å²) in [5, 5.41) is 8.94. The second-order valence-electron chi connectivity index (χ2n) is 6.28. The molecule has 0 spiro atoms. The maximum Gasteiger partial charge on any atom is 0.320 e. The van der Waals surface area contributed by atoms with Gasteiger partial charge in [0.2, 0.25) is 0 Å². The van der Waals surface area contributed by atoms with Crippen molar-refractivity contribution in [3.8, 4) is 0 Å². The monoisotopic (exact) mass is 283 g/mol. The third kappa shape index (κ3) is 3.06. The van der Waals surface area contributed by atoms with Crippen molar-refractivity contribution < 1.29 is 14.7 Å². The van der Waals surface area contributed by atoms with Crippen molar-refractivity contribution in [3.05, 3.63) is 0 Å². The first-order chi connectivity index (χ1) is 9.40. The zero-order valence-electron chi connectivity index (χ0n) is 12.6. The quantitative estimate of drug-likeness (QED) is 0.837. The fourth-order valence-corrected chi connectivity index (χ4v) is 3.46. The van der Waals surface area contributed by atoms with Crippen LogP contribution in [-0.4, -0.2) is 77.6 Å². The van der Waals surface area contributed by atoms with E-state index in [-0.39, 0.29) is 18.5 Å². The fourth-order valence-electron chi connectivity index (χ4n) is 3.46. The summed E-state index contributed by atoms with van der Waals surface area (Å²) in [4.78, 5) is 29.3. The zero-order chi connectivity index (χ0) is 14.9. The Morgan fingerprint density at radius 1 is 1.30 bits per heavy atom. The predicted molar refractivity (Wildman–Crippen MR) is 75.6 cm³/mol. The maximum absolute atomic E-state index is 12.6. The van der Waals surface area contributed by atoms with Crippen molar-refractivity contribution in [2.45, 2.75) is 38.3 Å². The number of nitrogens with zero attached hydrogens (tertiary/aromatic N) is 3. The van der Waals surface area contributed by atoms with Gasteiger partial charge in [-0.3, -0.25) is 4.79 Å². The molecule has 1 N–H and O–H groups in total. The largest absolute Gasteiger partial charge is 0.481 e. The van der Waals surface area contributed by atoms with Crippen molar-refractivity contribution in [1.29, 1.82) is 0 Å². The standard InChI is InChI=1S/C14H25N3O3/c1-10-8-16(9-12(10)15(2)3)14(20)17-6-4-5-11(17)7-13(18)19/h10-12H,4-9H2,1-3H3,(H,18,19). The molecule has 0 aromatic carbocycles. The van der Waals surface area contributed by atoms with E-state index < -0.39 is 5.97 Å². The van der Waals surface area contributed by atoms with E-state index in [1.54, 1.807) is 4.90 Å². The number of carboxylic acid groups (broad SMARTS) is 1. The number of amides is 2. The van der Waals surface area contributed by atoms with Gasteiger partial charge in [0.25, 0.3) is 0 Å². The van der Waals surface area contributed by atoms with Gasteiger partial charge >= 0.3 is 12.0 Å². The number of hydrogen-bond acceptors (Lipinski definition) is 3. The molecule has 2 aliphatic heterocycles. The average molecular weight is 283 g/mol. The molecule has 3 unspecified atom stereocenters. The van der Waals surface area contributed by atoms with Crippen LogP contribution in [0.5, 0.6) is 0 Å². The van der Waals surface area contributed by atoms with Crippen LogP contribution in [0.2, 0.25) is 0 Å². The highest BCUT2D eigenvalue weighted by Gasteiger charge is 2.38. The molecule has 2 amide bonds. The molecule has 2 fully saturated rings. The fraction of sp³-hybridized carbons (Fsp3) is 0.857. The van der Waals surface area contributed by atoms with E-state index in [2.05, 4.69) is 11.8 Å². The molecule has 3 atom stereocenters. The predicted octanol–water partition coefficient (Wildman–Crippen LogP) is 0.927. The van der Waals surface area contributed by atoms with E-state index in [1.165, 1.54) is 0 Å². The van der Waals surface area contributed by atoms with E-state index in [4.69, 9.17) is 5.11 Å². The van der Waals surface area contributed by atoms with Crippen LogP contribution in [-0.2, 0) is 4.79 Å². The van der Waals surface area contributed by atoms with Crippen LogP contribution in [0.15, 0.2) is 0 Å². The number of carbonyl (C=O) groups is 2. The molecule has 2 rings (SSSR count). The first kappa shape index (κ1) is 15.1. The number of carboxylic acids is 1. The van der Waals surface area contributed by atoms with E-state index in [0.29, 0.717) is 18.5 Å². The van der Waals surface area contributed by atoms with Gasteiger partial charge in [0, 0.05) is 31.7 Å². The Bertz CT molecular complexity index is 386. The van der Waals surface area contributed by atoms with Gasteiger partial charge < -0.3 is 19.8 Å². The third-order valence-electron chi connectivity index (χ3n) is 4.54. The first-order valence-electron chi connectivity index (χ1n) is 7.34. The molecular formula is C14H25N3O3. The summed E-state index contributed by atoms with van der Waals surface area (Å²) in [7, 11) is 4.08. The summed E-state index contributed by atoms with van der Waals surface area (Å²) in [6, 6.07) is 0.276. The zero-order valence-corrected chi connectivity index (χ0v) is 12.6. The molecule has 0 aliphatic carbocycles. The van der Waals surface area contributed by atoms with Crippen LogP contribution in [0.25, 0.3) is 0 Å². The summed E-state index contributed by atoms with van der Waals surface area (Å²) in [6.45, 7) is 4.35. The molecule has 2 heterocycles. The van der Waals surface area contributed by atoms with Crippen LogP contribution < -0.4 is 0 Å². The van der Waals surface area contributed by atoms with Crippen LogP contribution in [0, 0.1) is 5.92 Å². The topological polar surface area (TPSA) is 64.1 Å². The van der Waals surface area contributed by atoms with Crippen LogP contribution in [0.3, 0.4) is 0 Å². The van der Waals surface area contributed by atoms with Crippen molar-refractivity contribution in [2.24, 2.45) is 5.92 Å². The van der Waals surface area contributed by atoms with Crippen molar-refractivity contribution >= 4 is 12.0 Å². The van der Waals surface area contributed by atoms with Crippen LogP contribution >= 0.6 is 0 Å². The Morgan fingerprint density at radius 2 is 2.00 bits per heavy atom. The van der Waals surface area contributed by atoms with Crippen LogP contribution in [0.4, 0.5) is 4.79 Å². The SMILES string of the molecule is CC1CN(C(=O)N2CCCC2CC(=O)O)CC1N(C)C. The first-order valence-corrected chi connectivity index (χ1v) is 7.34. The summed E-state index contributed by atoms with van der Waals surface area (Å²) < 4.78 is 0. The summed E-state index contributed by atoms with van der Waals surface area (Å²) in [5.41, 5.74) is 0. The van der Waals surface area contributed by atoms with Gasteiger partial charge in [-0.05, 0) is 32.9 Å². The number of urea groups is 1. The van der Waals surface area contributed by atoms with E-state index in [9.17, 15) is 9.59 Å². The molecule has 20 heavy (non-hydrogen) atoms. The minimum absolute atomic E-state index is 0.0185. The molecule has 6 heteroatoms. The second kappa shape index (κ2) is 5.99. The van der Waals surface area contributed by atoms with Gasteiger partial charge in [-0.2, -0.15) is 0 Å². The van der Waals surface area contributed by atoms with Gasteiger partial charge in [0.05, 0.1) is 6.42 Å². The molecule has 0 aromatic heterocycles. The Balaban J connectivity index is 1.99. The molecule has 0 aromatic rings. The van der Waals surface area contributed by atoms with Crippen molar-refractivity contribution in [3.63, 3.8) is 0 Å². The molecule has 114 valence electrons. The Kier molecular flexibility index (Phi) is 4.52. The highest BCUT2D eigenvalue weighted by atomic mass is 16.4. The smallest absolute Gasteiger partial charge is 0.320 e. The third-order valence-corrected chi connectivity index (χ3v) is 4.54. The van der Waals surface area contributed by atoms with Crippen molar-refractivity contribution in [2.75, 3.05) is 33.7 Å². The summed E-state index contributed by atoms with van der Waals surface area (Å²) in [6.07, 6.45) is 1.77. The molecule has 2 saturated heterocycles. The van der Waals surface area contributed by atoms with E-state index >= 15 is 0 Å². The number of aliphatic carboxylic acids is 1. The molecule has 2 aliphatic rings. The number of rotatable bonds is 3. The second-order valence-corrected chi connectivity index (χ2v) is 6.28. The molecular weight excluding hydrogens is 258 g/mol. The van der Waals surface area contributed by atoms with E-state index in [0.717, 1.165) is 25.9 Å². The van der Waals surface area contributed by atoms with Gasteiger partial charge in [-0.1, -0.05) is 6.92 Å². The van der Waals surface area contributed by atoms with Gasteiger partial charge in [0.15, 0.2) is 0 Å². The summed E-state index contributed by atoms with van der Waals surface area (Å²) >= 11 is 0. The summed E-state index contributed by atoms with van der Waals surface area (Å²) in [5.74, 6) is -0.370. The minimum Gasteiger partial charge on any atom is -0.481 e.